The molecule has 1 saturated heterocycles. The van der Waals surface area contributed by atoms with Crippen molar-refractivity contribution in [3.63, 3.8) is 0 Å². The molecular weight excluding hydrogens is 260 g/mol. The molecule has 3 N–H and O–H groups in total. The van der Waals surface area contributed by atoms with Gasteiger partial charge in [0.25, 0.3) is 0 Å². The molecule has 2 heterocycles. The number of rotatable bonds is 6. The van der Waals surface area contributed by atoms with Crippen molar-refractivity contribution in [1.29, 1.82) is 0 Å². The van der Waals surface area contributed by atoms with Crippen LogP contribution in [0.5, 0.6) is 0 Å². The number of carbonyl (C=O) groups excluding carboxylic acids is 2. The van der Waals surface area contributed by atoms with Crippen molar-refractivity contribution in [2.45, 2.75) is 19.9 Å². The minimum absolute atomic E-state index is 0.111. The van der Waals surface area contributed by atoms with Crippen molar-refractivity contribution in [2.24, 2.45) is 0 Å². The maximum atomic E-state index is 12.0. The fourth-order valence-electron chi connectivity index (χ4n) is 2.18. The quantitative estimate of drug-likeness (QED) is 0.749. The number of urea groups is 1. The Hall–Kier alpha value is -2.18. The van der Waals surface area contributed by atoms with Gasteiger partial charge in [-0.3, -0.25) is 0 Å². The average Bonchev–Trinajstić information content (AvgIpc) is 2.97. The van der Waals surface area contributed by atoms with E-state index in [9.17, 15) is 9.59 Å². The van der Waals surface area contributed by atoms with Crippen LogP contribution in [-0.2, 0) is 11.3 Å². The number of nitrogens with one attached hydrogen (secondary N) is 1. The highest BCUT2D eigenvalue weighted by molar-refractivity contribution is 5.89. The van der Waals surface area contributed by atoms with Gasteiger partial charge in [0.05, 0.1) is 12.2 Å². The molecule has 0 aromatic carbocycles. The second-order valence-corrected chi connectivity index (χ2v) is 4.71. The van der Waals surface area contributed by atoms with E-state index in [1.807, 2.05) is 6.92 Å². The Kier molecular flexibility index (Phi) is 4.49. The molecular formula is C13H20N4O3. The molecule has 7 heteroatoms. The first-order valence-electron chi connectivity index (χ1n) is 6.77. The standard InChI is InChI=1S/C13H20N4O3/c1-2-4-17-9-10(14)8-11(17)12(18)20-7-6-16-5-3-15-13(16)19/h8-9H,2-7,14H2,1H3,(H,15,19). The second kappa shape index (κ2) is 6.31. The van der Waals surface area contributed by atoms with E-state index in [0.717, 1.165) is 13.0 Å². The van der Waals surface area contributed by atoms with Gasteiger partial charge in [0, 0.05) is 25.8 Å². The molecule has 0 unspecified atom stereocenters. The monoisotopic (exact) mass is 280 g/mol. The van der Waals surface area contributed by atoms with Crippen LogP contribution in [0.2, 0.25) is 0 Å². The first-order valence-corrected chi connectivity index (χ1v) is 6.77. The Bertz CT molecular complexity index is 498. The number of nitrogens with two attached hydrogens (primary N) is 1. The summed E-state index contributed by atoms with van der Waals surface area (Å²) in [5.74, 6) is -0.408. The highest BCUT2D eigenvalue weighted by Crippen LogP contribution is 2.12. The van der Waals surface area contributed by atoms with E-state index < -0.39 is 5.97 Å². The van der Waals surface area contributed by atoms with Gasteiger partial charge < -0.3 is 25.3 Å². The van der Waals surface area contributed by atoms with E-state index in [1.165, 1.54) is 0 Å². The summed E-state index contributed by atoms with van der Waals surface area (Å²) in [4.78, 5) is 24.9. The molecule has 1 aliphatic rings. The summed E-state index contributed by atoms with van der Waals surface area (Å²) in [5.41, 5.74) is 6.70. The molecule has 1 aromatic rings. The lowest BCUT2D eigenvalue weighted by Crippen LogP contribution is -2.31. The van der Waals surface area contributed by atoms with Crippen LogP contribution in [-0.4, -0.2) is 47.7 Å². The molecule has 1 aromatic heterocycles. The second-order valence-electron chi connectivity index (χ2n) is 4.71. The minimum atomic E-state index is -0.408. The molecule has 1 fully saturated rings. The van der Waals surface area contributed by atoms with Crippen LogP contribution in [0.15, 0.2) is 12.3 Å². The summed E-state index contributed by atoms with van der Waals surface area (Å²) in [5, 5.41) is 2.69. The van der Waals surface area contributed by atoms with Crippen LogP contribution < -0.4 is 11.1 Å². The van der Waals surface area contributed by atoms with E-state index in [4.69, 9.17) is 10.5 Å². The Morgan fingerprint density at radius 3 is 2.95 bits per heavy atom. The van der Waals surface area contributed by atoms with Crippen molar-refractivity contribution in [2.75, 3.05) is 32.0 Å². The third-order valence-electron chi connectivity index (χ3n) is 3.13. The molecule has 1 aliphatic heterocycles. The Labute approximate surface area is 117 Å². The summed E-state index contributed by atoms with van der Waals surface area (Å²) in [7, 11) is 0. The number of ether oxygens (including phenoxy) is 1. The van der Waals surface area contributed by atoms with Crippen LogP contribution in [0.1, 0.15) is 23.8 Å². The van der Waals surface area contributed by atoms with E-state index in [0.29, 0.717) is 31.0 Å². The number of aryl methyl sites for hydroxylation is 1. The van der Waals surface area contributed by atoms with Crippen molar-refractivity contribution in [3.05, 3.63) is 18.0 Å². The van der Waals surface area contributed by atoms with E-state index in [2.05, 4.69) is 5.32 Å². The normalized spacial score (nSPS) is 14.4. The largest absolute Gasteiger partial charge is 0.459 e. The van der Waals surface area contributed by atoms with Gasteiger partial charge in [0.2, 0.25) is 0 Å². The zero-order valence-corrected chi connectivity index (χ0v) is 11.6. The highest BCUT2D eigenvalue weighted by Gasteiger charge is 2.20. The summed E-state index contributed by atoms with van der Waals surface area (Å²) in [6, 6.07) is 1.50. The summed E-state index contributed by atoms with van der Waals surface area (Å²) in [6.07, 6.45) is 2.64. The molecule has 110 valence electrons. The van der Waals surface area contributed by atoms with Gasteiger partial charge in [0.15, 0.2) is 0 Å². The molecule has 2 rings (SSSR count). The smallest absolute Gasteiger partial charge is 0.355 e. The number of hydrogen-bond donors (Lipinski definition) is 2. The third-order valence-corrected chi connectivity index (χ3v) is 3.13. The molecule has 0 saturated carbocycles. The van der Waals surface area contributed by atoms with E-state index >= 15 is 0 Å². The highest BCUT2D eigenvalue weighted by atomic mass is 16.5. The molecule has 0 atom stereocenters. The molecule has 2 amide bonds. The van der Waals surface area contributed by atoms with E-state index in [1.54, 1.807) is 21.7 Å². The fourth-order valence-corrected chi connectivity index (χ4v) is 2.18. The number of esters is 1. The lowest BCUT2D eigenvalue weighted by molar-refractivity contribution is 0.0469. The maximum absolute atomic E-state index is 12.0. The number of nitrogens with zero attached hydrogens (tertiary/aromatic N) is 2. The molecule has 0 radical (unpaired) electrons. The fraction of sp³-hybridized carbons (Fsp3) is 0.538. The van der Waals surface area contributed by atoms with Gasteiger partial charge in [-0.15, -0.1) is 0 Å². The minimum Gasteiger partial charge on any atom is -0.459 e. The molecule has 7 nitrogen and oxygen atoms in total. The topological polar surface area (TPSA) is 89.6 Å². The maximum Gasteiger partial charge on any atom is 0.355 e. The summed E-state index contributed by atoms with van der Waals surface area (Å²) < 4.78 is 6.99. The van der Waals surface area contributed by atoms with Crippen molar-refractivity contribution in [3.8, 4) is 0 Å². The van der Waals surface area contributed by atoms with Crippen LogP contribution >= 0.6 is 0 Å². The molecule has 0 spiro atoms. The summed E-state index contributed by atoms with van der Waals surface area (Å²) in [6.45, 7) is 4.62. The van der Waals surface area contributed by atoms with E-state index in [-0.39, 0.29) is 12.6 Å². The Morgan fingerprint density at radius 1 is 1.50 bits per heavy atom. The van der Waals surface area contributed by atoms with Gasteiger partial charge in [-0.05, 0) is 12.5 Å². The van der Waals surface area contributed by atoms with Crippen LogP contribution in [0.25, 0.3) is 0 Å². The predicted octanol–water partition coefficient (Wildman–Crippen LogP) is 0.662. The van der Waals surface area contributed by atoms with Gasteiger partial charge in [-0.1, -0.05) is 6.92 Å². The van der Waals surface area contributed by atoms with Crippen LogP contribution in [0.3, 0.4) is 0 Å². The number of aromatic nitrogens is 1. The molecule has 0 bridgehead atoms. The van der Waals surface area contributed by atoms with Gasteiger partial charge in [-0.25, -0.2) is 9.59 Å². The van der Waals surface area contributed by atoms with Crippen LogP contribution in [0, 0.1) is 0 Å². The zero-order chi connectivity index (χ0) is 14.5. The first kappa shape index (κ1) is 14.2. The lowest BCUT2D eigenvalue weighted by atomic mass is 10.4. The predicted molar refractivity (Wildman–Crippen MR) is 74.4 cm³/mol. The van der Waals surface area contributed by atoms with Gasteiger partial charge in [0.1, 0.15) is 12.3 Å². The Morgan fingerprint density at radius 2 is 2.30 bits per heavy atom. The molecule has 0 aliphatic carbocycles. The zero-order valence-electron chi connectivity index (χ0n) is 11.6. The number of amides is 2. The SMILES string of the molecule is CCCn1cc(N)cc1C(=O)OCCN1CCNC1=O. The first-order chi connectivity index (χ1) is 9.61. The number of nitrogen functional groups attached to an aromatic ring is 1. The van der Waals surface area contributed by atoms with Crippen LogP contribution in [0.4, 0.5) is 10.5 Å². The lowest BCUT2D eigenvalue weighted by Gasteiger charge is -2.14. The average molecular weight is 280 g/mol. The molecule has 20 heavy (non-hydrogen) atoms. The number of carbonyl (C=O) groups is 2. The Balaban J connectivity index is 1.86. The van der Waals surface area contributed by atoms with Gasteiger partial charge >= 0.3 is 12.0 Å². The van der Waals surface area contributed by atoms with Gasteiger partial charge in [-0.2, -0.15) is 0 Å². The van der Waals surface area contributed by atoms with Crippen molar-refractivity contribution >= 4 is 17.7 Å². The third kappa shape index (κ3) is 3.23. The van der Waals surface area contributed by atoms with Crippen molar-refractivity contribution < 1.29 is 14.3 Å². The van der Waals surface area contributed by atoms with Crippen molar-refractivity contribution in [1.82, 2.24) is 14.8 Å². The number of hydrogen-bond acceptors (Lipinski definition) is 4. The number of anilines is 1. The summed E-state index contributed by atoms with van der Waals surface area (Å²) >= 11 is 0.